The van der Waals surface area contributed by atoms with Crippen LogP contribution in [0.2, 0.25) is 0 Å². The van der Waals surface area contributed by atoms with Crippen LogP contribution in [0.25, 0.3) is 5.69 Å². The van der Waals surface area contributed by atoms with Gasteiger partial charge in [-0.3, -0.25) is 4.79 Å². The van der Waals surface area contributed by atoms with Gasteiger partial charge in [-0.1, -0.05) is 43.8 Å². The molecule has 1 aromatic carbocycles. The van der Waals surface area contributed by atoms with Gasteiger partial charge in [0.25, 0.3) is 0 Å². The highest BCUT2D eigenvalue weighted by molar-refractivity contribution is 7.99. The minimum atomic E-state index is -0.0470. The third kappa shape index (κ3) is 4.78. The minimum absolute atomic E-state index is 0.0470. The topological polar surface area (TPSA) is 90.5 Å². The van der Waals surface area contributed by atoms with Crippen molar-refractivity contribution in [2.24, 2.45) is 5.92 Å². The van der Waals surface area contributed by atoms with Crippen LogP contribution in [-0.4, -0.2) is 41.6 Å². The van der Waals surface area contributed by atoms with Crippen LogP contribution in [0.5, 0.6) is 0 Å². The SMILES string of the molecule is Cc1nn(-c2ccccc2)c(C)c1NC(=O)CCSc1nnnn1CC(C)C. The molecule has 2 aromatic heterocycles. The molecule has 0 bridgehead atoms. The molecule has 0 aliphatic rings. The summed E-state index contributed by atoms with van der Waals surface area (Å²) in [4.78, 5) is 12.4. The van der Waals surface area contributed by atoms with Crippen LogP contribution in [0.1, 0.15) is 31.7 Å². The van der Waals surface area contributed by atoms with Crippen molar-refractivity contribution in [3.63, 3.8) is 0 Å². The highest BCUT2D eigenvalue weighted by atomic mass is 32.2. The molecule has 0 aliphatic heterocycles. The number of benzene rings is 1. The van der Waals surface area contributed by atoms with E-state index in [1.54, 1.807) is 4.68 Å². The monoisotopic (exact) mass is 399 g/mol. The summed E-state index contributed by atoms with van der Waals surface area (Å²) in [6.45, 7) is 8.85. The number of carbonyl (C=O) groups is 1. The summed E-state index contributed by atoms with van der Waals surface area (Å²) in [6.07, 6.45) is 0.370. The number of carbonyl (C=O) groups excluding carboxylic acids is 1. The molecule has 8 nitrogen and oxygen atoms in total. The van der Waals surface area contributed by atoms with Crippen molar-refractivity contribution >= 4 is 23.4 Å². The summed E-state index contributed by atoms with van der Waals surface area (Å²) in [7, 11) is 0. The molecule has 0 radical (unpaired) electrons. The van der Waals surface area contributed by atoms with E-state index in [0.29, 0.717) is 18.1 Å². The Kier molecular flexibility index (Phi) is 6.45. The molecule has 148 valence electrons. The summed E-state index contributed by atoms with van der Waals surface area (Å²) in [5.74, 6) is 1.02. The Labute approximate surface area is 168 Å². The standard InChI is InChI=1S/C19H25N7OS/c1-13(2)12-25-19(21-23-24-25)28-11-10-17(27)20-18-14(3)22-26(15(18)4)16-8-6-5-7-9-16/h5-9,13H,10-12H2,1-4H3,(H,20,27). The number of anilines is 1. The van der Waals surface area contributed by atoms with Gasteiger partial charge in [-0.25, -0.2) is 9.36 Å². The molecule has 28 heavy (non-hydrogen) atoms. The second kappa shape index (κ2) is 9.01. The van der Waals surface area contributed by atoms with Gasteiger partial charge in [-0.05, 0) is 42.3 Å². The van der Waals surface area contributed by atoms with E-state index in [9.17, 15) is 4.79 Å². The van der Waals surface area contributed by atoms with Crippen molar-refractivity contribution in [2.45, 2.75) is 45.8 Å². The van der Waals surface area contributed by atoms with Gasteiger partial charge in [0.1, 0.15) is 0 Å². The Morgan fingerprint density at radius 1 is 1.21 bits per heavy atom. The molecular formula is C19H25N7OS. The van der Waals surface area contributed by atoms with E-state index in [0.717, 1.165) is 34.5 Å². The lowest BCUT2D eigenvalue weighted by molar-refractivity contribution is -0.115. The maximum absolute atomic E-state index is 12.4. The van der Waals surface area contributed by atoms with Crippen LogP contribution in [-0.2, 0) is 11.3 Å². The van der Waals surface area contributed by atoms with Crippen molar-refractivity contribution in [3.8, 4) is 5.69 Å². The summed E-state index contributed by atoms with van der Waals surface area (Å²) in [6, 6.07) is 9.88. The highest BCUT2D eigenvalue weighted by Gasteiger charge is 2.16. The first-order valence-corrected chi connectivity index (χ1v) is 10.2. The molecule has 0 saturated heterocycles. The fourth-order valence-corrected chi connectivity index (χ4v) is 3.67. The molecule has 2 heterocycles. The first-order chi connectivity index (χ1) is 13.5. The van der Waals surface area contributed by atoms with Gasteiger partial charge in [0.2, 0.25) is 11.1 Å². The second-order valence-electron chi connectivity index (χ2n) is 6.98. The highest BCUT2D eigenvalue weighted by Crippen LogP contribution is 2.23. The Morgan fingerprint density at radius 3 is 2.68 bits per heavy atom. The van der Waals surface area contributed by atoms with Crippen LogP contribution >= 0.6 is 11.8 Å². The zero-order valence-electron chi connectivity index (χ0n) is 16.6. The number of tetrazole rings is 1. The quantitative estimate of drug-likeness (QED) is 0.585. The Balaban J connectivity index is 1.59. The fourth-order valence-electron chi connectivity index (χ4n) is 2.84. The molecule has 9 heteroatoms. The lowest BCUT2D eigenvalue weighted by Crippen LogP contribution is -2.14. The number of rotatable bonds is 8. The molecule has 3 rings (SSSR count). The molecule has 0 saturated carbocycles. The van der Waals surface area contributed by atoms with E-state index in [4.69, 9.17) is 0 Å². The predicted molar refractivity (Wildman–Crippen MR) is 110 cm³/mol. The normalized spacial score (nSPS) is 11.2. The Morgan fingerprint density at radius 2 is 1.96 bits per heavy atom. The van der Waals surface area contributed by atoms with E-state index < -0.39 is 0 Å². The largest absolute Gasteiger partial charge is 0.323 e. The Hall–Kier alpha value is -2.68. The second-order valence-corrected chi connectivity index (χ2v) is 8.04. The molecule has 3 aromatic rings. The third-order valence-electron chi connectivity index (χ3n) is 4.15. The lowest BCUT2D eigenvalue weighted by Gasteiger charge is -2.08. The number of aromatic nitrogens is 6. The third-order valence-corrected chi connectivity index (χ3v) is 5.11. The predicted octanol–water partition coefficient (Wildman–Crippen LogP) is 3.25. The zero-order chi connectivity index (χ0) is 20.1. The number of amides is 1. The summed E-state index contributed by atoms with van der Waals surface area (Å²) >= 11 is 1.49. The van der Waals surface area contributed by atoms with Crippen LogP contribution < -0.4 is 5.32 Å². The number of nitrogens with one attached hydrogen (secondary N) is 1. The van der Waals surface area contributed by atoms with E-state index in [-0.39, 0.29) is 5.91 Å². The number of thioether (sulfide) groups is 1. The smallest absolute Gasteiger partial charge is 0.225 e. The summed E-state index contributed by atoms with van der Waals surface area (Å²) < 4.78 is 3.63. The summed E-state index contributed by atoms with van der Waals surface area (Å²) in [5.41, 5.74) is 3.44. The first kappa shape index (κ1) is 20.1. The molecular weight excluding hydrogens is 374 g/mol. The molecule has 0 unspecified atom stereocenters. The van der Waals surface area contributed by atoms with E-state index >= 15 is 0 Å². The van der Waals surface area contributed by atoms with Crippen LogP contribution in [0.15, 0.2) is 35.5 Å². The molecule has 0 fully saturated rings. The lowest BCUT2D eigenvalue weighted by atomic mass is 10.2. The first-order valence-electron chi connectivity index (χ1n) is 9.26. The van der Waals surface area contributed by atoms with Crippen molar-refractivity contribution in [2.75, 3.05) is 11.1 Å². The van der Waals surface area contributed by atoms with Gasteiger partial charge in [0, 0.05) is 18.7 Å². The van der Waals surface area contributed by atoms with Crippen molar-refractivity contribution < 1.29 is 4.79 Å². The average molecular weight is 400 g/mol. The number of nitrogens with zero attached hydrogens (tertiary/aromatic N) is 6. The van der Waals surface area contributed by atoms with Gasteiger partial charge in [-0.2, -0.15) is 5.10 Å². The van der Waals surface area contributed by atoms with Gasteiger partial charge >= 0.3 is 0 Å². The molecule has 0 atom stereocenters. The van der Waals surface area contributed by atoms with Gasteiger partial charge < -0.3 is 5.32 Å². The van der Waals surface area contributed by atoms with E-state index in [1.807, 2.05) is 48.9 Å². The van der Waals surface area contributed by atoms with Gasteiger partial charge in [0.05, 0.1) is 22.8 Å². The maximum Gasteiger partial charge on any atom is 0.225 e. The van der Waals surface area contributed by atoms with Crippen LogP contribution in [0, 0.1) is 19.8 Å². The fraction of sp³-hybridized carbons (Fsp3) is 0.421. The molecule has 1 N–H and O–H groups in total. The Bertz CT molecular complexity index is 933. The van der Waals surface area contributed by atoms with Crippen molar-refractivity contribution in [1.82, 2.24) is 30.0 Å². The number of aryl methyl sites for hydroxylation is 1. The number of hydrogen-bond acceptors (Lipinski definition) is 6. The van der Waals surface area contributed by atoms with Crippen LogP contribution in [0.3, 0.4) is 0 Å². The van der Waals surface area contributed by atoms with Crippen molar-refractivity contribution in [1.29, 1.82) is 0 Å². The molecule has 1 amide bonds. The van der Waals surface area contributed by atoms with Gasteiger partial charge in [-0.15, -0.1) is 5.10 Å². The van der Waals surface area contributed by atoms with Gasteiger partial charge in [0.15, 0.2) is 0 Å². The minimum Gasteiger partial charge on any atom is -0.323 e. The maximum atomic E-state index is 12.4. The van der Waals surface area contributed by atoms with Crippen LogP contribution in [0.4, 0.5) is 5.69 Å². The molecule has 0 spiro atoms. The zero-order valence-corrected chi connectivity index (χ0v) is 17.4. The molecule has 0 aliphatic carbocycles. The summed E-state index contributed by atoms with van der Waals surface area (Å²) in [5, 5.41) is 20.1. The van der Waals surface area contributed by atoms with E-state index in [1.165, 1.54) is 11.8 Å². The average Bonchev–Trinajstić information content (AvgIpc) is 3.21. The number of hydrogen-bond donors (Lipinski definition) is 1. The number of para-hydroxylation sites is 1. The van der Waals surface area contributed by atoms with Crippen molar-refractivity contribution in [3.05, 3.63) is 41.7 Å². The van der Waals surface area contributed by atoms with E-state index in [2.05, 4.69) is 39.8 Å².